The van der Waals surface area contributed by atoms with E-state index in [9.17, 15) is 0 Å². The average molecular weight is 301 g/mol. The van der Waals surface area contributed by atoms with Crippen molar-refractivity contribution >= 4 is 17.3 Å². The molecule has 0 aliphatic carbocycles. The molecule has 3 rings (SSSR count). The van der Waals surface area contributed by atoms with Crippen LogP contribution in [0.4, 0.5) is 5.69 Å². The molecule has 1 fully saturated rings. The van der Waals surface area contributed by atoms with E-state index in [0.717, 1.165) is 23.8 Å². The molecule has 0 amide bonds. The number of anilines is 1. The van der Waals surface area contributed by atoms with Crippen LogP contribution >= 0.6 is 11.6 Å². The van der Waals surface area contributed by atoms with Gasteiger partial charge >= 0.3 is 0 Å². The minimum absolute atomic E-state index is 0.322. The van der Waals surface area contributed by atoms with Crippen LogP contribution in [-0.2, 0) is 0 Å². The molecule has 0 spiro atoms. The molecule has 2 atom stereocenters. The van der Waals surface area contributed by atoms with Gasteiger partial charge in [-0.25, -0.2) is 0 Å². The number of hydrogen-bond acceptors (Lipinski definition) is 2. The molecule has 1 heterocycles. The van der Waals surface area contributed by atoms with Crippen molar-refractivity contribution in [2.45, 2.75) is 25.9 Å². The Morgan fingerprint density at radius 2 is 1.90 bits per heavy atom. The van der Waals surface area contributed by atoms with E-state index >= 15 is 0 Å². The fourth-order valence-electron chi connectivity index (χ4n) is 2.99. The topological polar surface area (TPSA) is 15.3 Å². The summed E-state index contributed by atoms with van der Waals surface area (Å²) >= 11 is 6.50. The normalized spacial score (nSPS) is 22.3. The van der Waals surface area contributed by atoms with Crippen LogP contribution in [0.1, 0.15) is 24.1 Å². The molecule has 2 aromatic carbocycles. The molecule has 2 unspecified atom stereocenters. The average Bonchev–Trinajstić information content (AvgIpc) is 2.48. The summed E-state index contributed by atoms with van der Waals surface area (Å²) in [5, 5.41) is 4.41. The van der Waals surface area contributed by atoms with Gasteiger partial charge in [0.25, 0.3) is 0 Å². The van der Waals surface area contributed by atoms with E-state index in [1.54, 1.807) is 0 Å². The SMILES string of the molecule is Cc1ccc(N2CC(C)NCC2c2ccccc2)c(Cl)c1. The highest BCUT2D eigenvalue weighted by Gasteiger charge is 2.28. The van der Waals surface area contributed by atoms with Gasteiger partial charge in [0.1, 0.15) is 0 Å². The van der Waals surface area contributed by atoms with Crippen molar-refractivity contribution in [3.8, 4) is 0 Å². The van der Waals surface area contributed by atoms with Gasteiger partial charge in [-0.3, -0.25) is 0 Å². The maximum Gasteiger partial charge on any atom is 0.0668 e. The molecule has 2 nitrogen and oxygen atoms in total. The van der Waals surface area contributed by atoms with Gasteiger partial charge in [0.15, 0.2) is 0 Å². The summed E-state index contributed by atoms with van der Waals surface area (Å²) in [5.74, 6) is 0. The highest BCUT2D eigenvalue weighted by Crippen LogP contribution is 2.34. The number of aryl methyl sites for hydroxylation is 1. The summed E-state index contributed by atoms with van der Waals surface area (Å²) in [7, 11) is 0. The summed E-state index contributed by atoms with van der Waals surface area (Å²) in [6.07, 6.45) is 0. The van der Waals surface area contributed by atoms with E-state index < -0.39 is 0 Å². The Kier molecular flexibility index (Phi) is 4.18. The standard InChI is InChI=1S/C18H21ClN2/c1-13-8-9-17(16(19)10-13)21-12-14(2)20-11-18(21)15-6-4-3-5-7-15/h3-10,14,18,20H,11-12H2,1-2H3. The first-order valence-corrected chi connectivity index (χ1v) is 7.84. The predicted molar refractivity (Wildman–Crippen MR) is 90.2 cm³/mol. The Labute approximate surface area is 131 Å². The van der Waals surface area contributed by atoms with Gasteiger partial charge < -0.3 is 10.2 Å². The third-order valence-electron chi connectivity index (χ3n) is 4.10. The second-order valence-electron chi connectivity index (χ2n) is 5.84. The Balaban J connectivity index is 1.98. The van der Waals surface area contributed by atoms with E-state index in [1.807, 2.05) is 6.07 Å². The molecular formula is C18H21ClN2. The van der Waals surface area contributed by atoms with Crippen molar-refractivity contribution in [1.82, 2.24) is 5.32 Å². The zero-order valence-electron chi connectivity index (χ0n) is 12.5. The lowest BCUT2D eigenvalue weighted by Gasteiger charge is -2.41. The third kappa shape index (κ3) is 3.07. The third-order valence-corrected chi connectivity index (χ3v) is 4.41. The first kappa shape index (κ1) is 14.4. The van der Waals surface area contributed by atoms with Crippen LogP contribution in [0.3, 0.4) is 0 Å². The number of halogens is 1. The smallest absolute Gasteiger partial charge is 0.0668 e. The van der Waals surface area contributed by atoms with Crippen LogP contribution in [-0.4, -0.2) is 19.1 Å². The van der Waals surface area contributed by atoms with Crippen molar-refractivity contribution in [2.75, 3.05) is 18.0 Å². The van der Waals surface area contributed by atoms with Crippen LogP contribution in [0.2, 0.25) is 5.02 Å². The minimum Gasteiger partial charge on any atom is -0.360 e. The van der Waals surface area contributed by atoms with Gasteiger partial charge in [-0.1, -0.05) is 48.0 Å². The molecule has 0 radical (unpaired) electrons. The van der Waals surface area contributed by atoms with Crippen molar-refractivity contribution < 1.29 is 0 Å². The number of piperazine rings is 1. The van der Waals surface area contributed by atoms with Crippen molar-refractivity contribution in [3.05, 3.63) is 64.7 Å². The second-order valence-corrected chi connectivity index (χ2v) is 6.25. The minimum atomic E-state index is 0.322. The van der Waals surface area contributed by atoms with Crippen molar-refractivity contribution in [3.63, 3.8) is 0 Å². The lowest BCUT2D eigenvalue weighted by Crippen LogP contribution is -2.51. The molecule has 110 valence electrons. The Morgan fingerprint density at radius 3 is 2.62 bits per heavy atom. The molecule has 0 saturated carbocycles. The Hall–Kier alpha value is -1.51. The van der Waals surface area contributed by atoms with Gasteiger partial charge in [-0.15, -0.1) is 0 Å². The van der Waals surface area contributed by atoms with E-state index in [1.165, 1.54) is 11.1 Å². The molecule has 3 heteroatoms. The number of nitrogens with zero attached hydrogens (tertiary/aromatic N) is 1. The molecule has 0 aromatic heterocycles. The summed E-state index contributed by atoms with van der Waals surface area (Å²) in [6, 6.07) is 17.8. The van der Waals surface area contributed by atoms with Gasteiger partial charge in [0.2, 0.25) is 0 Å². The van der Waals surface area contributed by atoms with E-state index in [-0.39, 0.29) is 0 Å². The van der Waals surface area contributed by atoms with Gasteiger partial charge in [0.05, 0.1) is 16.8 Å². The lowest BCUT2D eigenvalue weighted by molar-refractivity contribution is 0.416. The summed E-state index contributed by atoms with van der Waals surface area (Å²) in [6.45, 7) is 6.19. The lowest BCUT2D eigenvalue weighted by atomic mass is 10.00. The maximum atomic E-state index is 6.50. The monoisotopic (exact) mass is 300 g/mol. The largest absolute Gasteiger partial charge is 0.360 e. The van der Waals surface area contributed by atoms with Crippen LogP contribution in [0, 0.1) is 6.92 Å². The Bertz CT molecular complexity index is 612. The molecule has 2 aromatic rings. The zero-order chi connectivity index (χ0) is 14.8. The molecule has 1 saturated heterocycles. The van der Waals surface area contributed by atoms with Gasteiger partial charge in [-0.2, -0.15) is 0 Å². The summed E-state index contributed by atoms with van der Waals surface area (Å²) in [5.41, 5.74) is 3.65. The highest BCUT2D eigenvalue weighted by molar-refractivity contribution is 6.33. The molecule has 1 aliphatic heterocycles. The fourth-order valence-corrected chi connectivity index (χ4v) is 3.34. The van der Waals surface area contributed by atoms with Gasteiger partial charge in [0, 0.05) is 19.1 Å². The number of rotatable bonds is 2. The van der Waals surface area contributed by atoms with Gasteiger partial charge in [-0.05, 0) is 37.1 Å². The van der Waals surface area contributed by atoms with Crippen LogP contribution in [0.15, 0.2) is 48.5 Å². The molecule has 21 heavy (non-hydrogen) atoms. The number of benzene rings is 2. The number of nitrogens with one attached hydrogen (secondary N) is 1. The molecule has 1 aliphatic rings. The highest BCUT2D eigenvalue weighted by atomic mass is 35.5. The molecule has 1 N–H and O–H groups in total. The fraction of sp³-hybridized carbons (Fsp3) is 0.333. The van der Waals surface area contributed by atoms with E-state index in [4.69, 9.17) is 11.6 Å². The first-order chi connectivity index (χ1) is 10.1. The molecular weight excluding hydrogens is 280 g/mol. The van der Waals surface area contributed by atoms with Crippen LogP contribution in [0.5, 0.6) is 0 Å². The quantitative estimate of drug-likeness (QED) is 0.895. The number of hydrogen-bond donors (Lipinski definition) is 1. The summed E-state index contributed by atoms with van der Waals surface area (Å²) < 4.78 is 0. The first-order valence-electron chi connectivity index (χ1n) is 7.46. The Morgan fingerprint density at radius 1 is 1.14 bits per heavy atom. The maximum absolute atomic E-state index is 6.50. The zero-order valence-corrected chi connectivity index (χ0v) is 13.3. The van der Waals surface area contributed by atoms with E-state index in [0.29, 0.717) is 12.1 Å². The predicted octanol–water partition coefficient (Wildman–Crippen LogP) is 4.19. The second kappa shape index (κ2) is 6.08. The van der Waals surface area contributed by atoms with Crippen molar-refractivity contribution in [1.29, 1.82) is 0 Å². The van der Waals surface area contributed by atoms with Crippen LogP contribution < -0.4 is 10.2 Å². The van der Waals surface area contributed by atoms with Crippen LogP contribution in [0.25, 0.3) is 0 Å². The van der Waals surface area contributed by atoms with Crippen molar-refractivity contribution in [2.24, 2.45) is 0 Å². The summed E-state index contributed by atoms with van der Waals surface area (Å²) in [4.78, 5) is 2.43. The van der Waals surface area contributed by atoms with E-state index in [2.05, 4.69) is 66.5 Å². The molecule has 0 bridgehead atoms.